The first-order valence-corrected chi connectivity index (χ1v) is 6.03. The van der Waals surface area contributed by atoms with E-state index in [0.717, 1.165) is 0 Å². The second kappa shape index (κ2) is 5.24. The van der Waals surface area contributed by atoms with Crippen LogP contribution in [0.1, 0.15) is 0 Å². The van der Waals surface area contributed by atoms with E-state index in [0.29, 0.717) is 0 Å². The Morgan fingerprint density at radius 3 is 2.87 bits per heavy atom. The molecule has 0 unspecified atom stereocenters. The van der Waals surface area contributed by atoms with Crippen LogP contribution in [0.5, 0.6) is 0 Å². The van der Waals surface area contributed by atoms with Crippen LogP contribution in [-0.2, 0) is 14.8 Å². The third-order valence-electron chi connectivity index (χ3n) is 1.45. The molecule has 0 aliphatic heterocycles. The van der Waals surface area contributed by atoms with Crippen molar-refractivity contribution < 1.29 is 13.2 Å². The topological polar surface area (TPSA) is 81.2 Å². The Balaban J connectivity index is 2.69. The number of hydrogen-bond donors (Lipinski definition) is 1. The highest BCUT2D eigenvalue weighted by atomic mass is 35.5. The molecule has 6 nitrogen and oxygen atoms in total. The van der Waals surface area contributed by atoms with Gasteiger partial charge in [-0.15, -0.1) is 0 Å². The predicted octanol–water partition coefficient (Wildman–Crippen LogP) is 0.518. The summed E-state index contributed by atoms with van der Waals surface area (Å²) >= 11 is 5.57. The summed E-state index contributed by atoms with van der Waals surface area (Å²) in [4.78, 5) is 7.33. The van der Waals surface area contributed by atoms with Gasteiger partial charge in [-0.25, -0.2) is 18.4 Å². The van der Waals surface area contributed by atoms with Gasteiger partial charge >= 0.3 is 0 Å². The van der Waals surface area contributed by atoms with E-state index in [1.807, 2.05) is 0 Å². The van der Waals surface area contributed by atoms with Gasteiger partial charge in [-0.1, -0.05) is 11.6 Å². The van der Waals surface area contributed by atoms with Crippen LogP contribution in [0, 0.1) is 0 Å². The van der Waals surface area contributed by atoms with Crippen LogP contribution in [0.25, 0.3) is 0 Å². The van der Waals surface area contributed by atoms with Gasteiger partial charge in [0.25, 0.3) is 0 Å². The van der Waals surface area contributed by atoms with Crippen LogP contribution >= 0.6 is 11.6 Å². The SMILES string of the molecule is COCCS(=O)(=O)Nc1cc(Cl)ncn1. The minimum atomic E-state index is -3.44. The quantitative estimate of drug-likeness (QED) is 0.772. The fourth-order valence-electron chi connectivity index (χ4n) is 0.793. The van der Waals surface area contributed by atoms with Crippen molar-refractivity contribution in [2.45, 2.75) is 0 Å². The zero-order chi connectivity index (χ0) is 11.3. The second-order valence-corrected chi connectivity index (χ2v) is 4.87. The summed E-state index contributed by atoms with van der Waals surface area (Å²) in [6, 6.07) is 1.33. The van der Waals surface area contributed by atoms with Crippen LogP contribution in [0.3, 0.4) is 0 Å². The van der Waals surface area contributed by atoms with Gasteiger partial charge in [0, 0.05) is 13.2 Å². The Labute approximate surface area is 92.7 Å². The first kappa shape index (κ1) is 12.2. The summed E-state index contributed by atoms with van der Waals surface area (Å²) in [6.07, 6.45) is 1.18. The third kappa shape index (κ3) is 4.41. The summed E-state index contributed by atoms with van der Waals surface area (Å²) in [5, 5.41) is 0.175. The summed E-state index contributed by atoms with van der Waals surface area (Å²) in [6.45, 7) is 0.119. The van der Waals surface area contributed by atoms with Gasteiger partial charge in [-0.3, -0.25) is 4.72 Å². The van der Waals surface area contributed by atoms with Gasteiger partial charge in [0.15, 0.2) is 0 Å². The minimum absolute atomic E-state index is 0.119. The molecule has 1 aromatic rings. The van der Waals surface area contributed by atoms with Crippen molar-refractivity contribution in [3.63, 3.8) is 0 Å². The lowest BCUT2D eigenvalue weighted by Crippen LogP contribution is -2.20. The Bertz CT molecular complexity index is 423. The van der Waals surface area contributed by atoms with E-state index in [1.165, 1.54) is 19.5 Å². The fraction of sp³-hybridized carbons (Fsp3) is 0.429. The maximum Gasteiger partial charge on any atom is 0.236 e. The van der Waals surface area contributed by atoms with Crippen molar-refractivity contribution in [3.8, 4) is 0 Å². The van der Waals surface area contributed by atoms with E-state index in [1.54, 1.807) is 0 Å². The monoisotopic (exact) mass is 251 g/mol. The minimum Gasteiger partial charge on any atom is -0.384 e. The van der Waals surface area contributed by atoms with Gasteiger partial charge in [-0.2, -0.15) is 0 Å². The summed E-state index contributed by atoms with van der Waals surface area (Å²) in [5.41, 5.74) is 0. The van der Waals surface area contributed by atoms with E-state index in [-0.39, 0.29) is 23.3 Å². The van der Waals surface area contributed by atoms with Gasteiger partial charge in [0.1, 0.15) is 17.3 Å². The highest BCUT2D eigenvalue weighted by molar-refractivity contribution is 7.92. The molecule has 1 rings (SSSR count). The molecule has 84 valence electrons. The molecule has 0 spiro atoms. The Kier molecular flexibility index (Phi) is 4.25. The largest absolute Gasteiger partial charge is 0.384 e. The second-order valence-electron chi connectivity index (χ2n) is 2.64. The molecule has 8 heteroatoms. The molecule has 1 heterocycles. The molecule has 0 saturated heterocycles. The summed E-state index contributed by atoms with van der Waals surface area (Å²) < 4.78 is 29.7. The van der Waals surface area contributed by atoms with E-state index in [4.69, 9.17) is 11.6 Å². The van der Waals surface area contributed by atoms with Gasteiger partial charge in [0.2, 0.25) is 10.0 Å². The van der Waals surface area contributed by atoms with Crippen molar-refractivity contribution in [1.29, 1.82) is 0 Å². The molecule has 1 N–H and O–H groups in total. The molecular weight excluding hydrogens is 242 g/mol. The van der Waals surface area contributed by atoms with Gasteiger partial charge in [-0.05, 0) is 0 Å². The molecule has 0 fully saturated rings. The van der Waals surface area contributed by atoms with Crippen LogP contribution in [0.2, 0.25) is 5.15 Å². The lowest BCUT2D eigenvalue weighted by molar-refractivity contribution is 0.217. The Morgan fingerprint density at radius 2 is 2.27 bits per heavy atom. The fourth-order valence-corrected chi connectivity index (χ4v) is 1.86. The Morgan fingerprint density at radius 1 is 1.53 bits per heavy atom. The normalized spacial score (nSPS) is 11.3. The number of sulfonamides is 1. The van der Waals surface area contributed by atoms with Crippen molar-refractivity contribution in [2.24, 2.45) is 0 Å². The molecule has 0 amide bonds. The predicted molar refractivity (Wildman–Crippen MR) is 56.3 cm³/mol. The van der Waals surface area contributed by atoms with E-state index >= 15 is 0 Å². The lowest BCUT2D eigenvalue weighted by Gasteiger charge is -2.05. The number of nitrogens with one attached hydrogen (secondary N) is 1. The third-order valence-corrected chi connectivity index (χ3v) is 2.88. The molecule has 0 aliphatic carbocycles. The number of hydrogen-bond acceptors (Lipinski definition) is 5. The van der Waals surface area contributed by atoms with Crippen LogP contribution in [-0.4, -0.2) is 37.9 Å². The van der Waals surface area contributed by atoms with E-state index in [9.17, 15) is 8.42 Å². The number of aromatic nitrogens is 2. The van der Waals surface area contributed by atoms with Crippen LogP contribution in [0.4, 0.5) is 5.82 Å². The molecule has 0 atom stereocenters. The highest BCUT2D eigenvalue weighted by Gasteiger charge is 2.10. The summed E-state index contributed by atoms with van der Waals surface area (Å²) in [5.74, 6) is 0.0107. The zero-order valence-corrected chi connectivity index (χ0v) is 9.55. The zero-order valence-electron chi connectivity index (χ0n) is 7.97. The first-order chi connectivity index (χ1) is 7.03. The smallest absolute Gasteiger partial charge is 0.236 e. The number of ether oxygens (including phenoxy) is 1. The van der Waals surface area contributed by atoms with Gasteiger partial charge < -0.3 is 4.74 Å². The Hall–Kier alpha value is -0.920. The first-order valence-electron chi connectivity index (χ1n) is 4.00. The molecule has 0 saturated carbocycles. The highest BCUT2D eigenvalue weighted by Crippen LogP contribution is 2.10. The van der Waals surface area contributed by atoms with Crippen LogP contribution < -0.4 is 4.72 Å². The van der Waals surface area contributed by atoms with Crippen molar-refractivity contribution in [3.05, 3.63) is 17.5 Å². The van der Waals surface area contributed by atoms with E-state index < -0.39 is 10.0 Å². The van der Waals surface area contributed by atoms with Crippen molar-refractivity contribution in [1.82, 2.24) is 9.97 Å². The standard InChI is InChI=1S/C7H10ClN3O3S/c1-14-2-3-15(12,13)11-7-4-6(8)9-5-10-7/h4-5H,2-3H2,1H3,(H,9,10,11). The van der Waals surface area contributed by atoms with E-state index in [2.05, 4.69) is 19.4 Å². The molecule has 15 heavy (non-hydrogen) atoms. The molecule has 0 aromatic carbocycles. The molecule has 0 aliphatic rings. The lowest BCUT2D eigenvalue weighted by atomic mass is 10.6. The maximum atomic E-state index is 11.4. The van der Waals surface area contributed by atoms with Crippen molar-refractivity contribution in [2.75, 3.05) is 24.2 Å². The number of nitrogens with zero attached hydrogens (tertiary/aromatic N) is 2. The van der Waals surface area contributed by atoms with Crippen molar-refractivity contribution >= 4 is 27.4 Å². The average molecular weight is 252 g/mol. The number of rotatable bonds is 5. The van der Waals surface area contributed by atoms with Crippen LogP contribution in [0.15, 0.2) is 12.4 Å². The number of halogens is 1. The molecular formula is C7H10ClN3O3S. The number of anilines is 1. The molecule has 0 bridgehead atoms. The maximum absolute atomic E-state index is 11.4. The number of methoxy groups -OCH3 is 1. The molecule has 1 aromatic heterocycles. The summed E-state index contributed by atoms with van der Waals surface area (Å²) in [7, 11) is -2.01. The molecule has 0 radical (unpaired) electrons. The van der Waals surface area contributed by atoms with Gasteiger partial charge in [0.05, 0.1) is 12.4 Å². The average Bonchev–Trinajstić information content (AvgIpc) is 2.14.